The van der Waals surface area contributed by atoms with Gasteiger partial charge in [-0.1, -0.05) is 13.8 Å². The molecule has 7 heteroatoms. The molecule has 0 saturated carbocycles. The highest BCUT2D eigenvalue weighted by Gasteiger charge is 2.26. The van der Waals surface area contributed by atoms with Gasteiger partial charge in [-0.2, -0.15) is 13.2 Å². The van der Waals surface area contributed by atoms with E-state index in [2.05, 4.69) is 29.5 Å². The average Bonchev–Trinajstić information content (AvgIpc) is 2.19. The van der Waals surface area contributed by atoms with Crippen LogP contribution in [0.1, 0.15) is 33.1 Å². The van der Waals surface area contributed by atoms with E-state index in [-0.39, 0.29) is 30.5 Å². The molecule has 3 nitrogen and oxygen atoms in total. The van der Waals surface area contributed by atoms with Crippen LogP contribution >= 0.6 is 24.0 Å². The molecule has 0 atom stereocenters. The van der Waals surface area contributed by atoms with Gasteiger partial charge < -0.3 is 10.6 Å². The van der Waals surface area contributed by atoms with E-state index in [1.807, 2.05) is 0 Å². The van der Waals surface area contributed by atoms with Crippen LogP contribution in [0.2, 0.25) is 0 Å². The van der Waals surface area contributed by atoms with Crippen LogP contribution in [0.3, 0.4) is 0 Å². The van der Waals surface area contributed by atoms with E-state index < -0.39 is 12.6 Å². The third kappa shape index (κ3) is 13.9. The summed E-state index contributed by atoms with van der Waals surface area (Å²) in [6.45, 7) is 4.85. The minimum atomic E-state index is -4.12. The Bertz CT molecular complexity index is 230. The van der Waals surface area contributed by atoms with Crippen LogP contribution in [0.15, 0.2) is 4.99 Å². The predicted octanol–water partition coefficient (Wildman–Crippen LogP) is 3.16. The zero-order valence-electron chi connectivity index (χ0n) is 11.1. The molecule has 0 aliphatic carbocycles. The number of nitrogens with one attached hydrogen (secondary N) is 2. The van der Waals surface area contributed by atoms with Crippen LogP contribution in [0, 0.1) is 5.92 Å². The van der Waals surface area contributed by atoms with Gasteiger partial charge >= 0.3 is 6.18 Å². The summed E-state index contributed by atoms with van der Waals surface area (Å²) in [5.74, 6) is 1.06. The highest BCUT2D eigenvalue weighted by molar-refractivity contribution is 14.0. The molecule has 0 unspecified atom stereocenters. The molecule has 18 heavy (non-hydrogen) atoms. The number of alkyl halides is 3. The van der Waals surface area contributed by atoms with Crippen molar-refractivity contribution in [1.82, 2.24) is 10.6 Å². The Balaban J connectivity index is 0. The van der Waals surface area contributed by atoms with Crippen molar-refractivity contribution in [2.75, 3.05) is 20.1 Å². The van der Waals surface area contributed by atoms with Crippen LogP contribution in [0.25, 0.3) is 0 Å². The number of hydrogen-bond acceptors (Lipinski definition) is 1. The second-order valence-corrected chi connectivity index (χ2v) is 4.33. The Morgan fingerprint density at radius 3 is 2.17 bits per heavy atom. The molecule has 0 aromatic heterocycles. The summed E-state index contributed by atoms with van der Waals surface area (Å²) < 4.78 is 35.7. The lowest BCUT2D eigenvalue weighted by atomic mass is 10.1. The maximum absolute atomic E-state index is 11.9. The van der Waals surface area contributed by atoms with Gasteiger partial charge in [0, 0.05) is 20.1 Å². The third-order valence-corrected chi connectivity index (χ3v) is 2.18. The molecule has 2 N–H and O–H groups in total. The van der Waals surface area contributed by atoms with Crippen molar-refractivity contribution in [3.63, 3.8) is 0 Å². The molecule has 0 heterocycles. The molecule has 0 aliphatic rings. The lowest BCUT2D eigenvalue weighted by Crippen LogP contribution is -2.39. The Hall–Kier alpha value is -0.210. The maximum atomic E-state index is 11.9. The Labute approximate surface area is 124 Å². The minimum Gasteiger partial charge on any atom is -0.356 e. The number of halogens is 4. The van der Waals surface area contributed by atoms with E-state index >= 15 is 0 Å². The van der Waals surface area contributed by atoms with Gasteiger partial charge in [0.1, 0.15) is 0 Å². The van der Waals surface area contributed by atoms with Crippen LogP contribution in [0.4, 0.5) is 13.2 Å². The first-order chi connectivity index (χ1) is 7.85. The van der Waals surface area contributed by atoms with Crippen molar-refractivity contribution in [1.29, 1.82) is 0 Å². The second-order valence-electron chi connectivity index (χ2n) is 4.33. The molecule has 110 valence electrons. The van der Waals surface area contributed by atoms with Crippen LogP contribution in [0.5, 0.6) is 0 Å². The van der Waals surface area contributed by atoms with Gasteiger partial charge in [0.25, 0.3) is 0 Å². The largest absolute Gasteiger partial charge is 0.390 e. The van der Waals surface area contributed by atoms with E-state index in [0.717, 1.165) is 19.4 Å². The summed E-state index contributed by atoms with van der Waals surface area (Å²) in [5.41, 5.74) is 0. The fourth-order valence-electron chi connectivity index (χ4n) is 1.26. The van der Waals surface area contributed by atoms with E-state index in [4.69, 9.17) is 0 Å². The topological polar surface area (TPSA) is 36.4 Å². The van der Waals surface area contributed by atoms with Crippen LogP contribution in [-0.2, 0) is 0 Å². The van der Waals surface area contributed by atoms with Gasteiger partial charge in [0.15, 0.2) is 5.96 Å². The number of rotatable bonds is 6. The van der Waals surface area contributed by atoms with E-state index in [1.54, 1.807) is 7.05 Å². The molecule has 0 aromatic rings. The first-order valence-electron chi connectivity index (χ1n) is 5.86. The summed E-state index contributed by atoms with van der Waals surface area (Å²) in [6.07, 6.45) is -2.90. The highest BCUT2D eigenvalue weighted by atomic mass is 127. The van der Waals surface area contributed by atoms with Crippen molar-refractivity contribution in [2.24, 2.45) is 10.9 Å². The van der Waals surface area contributed by atoms with E-state index in [9.17, 15) is 13.2 Å². The van der Waals surface area contributed by atoms with Crippen molar-refractivity contribution in [3.8, 4) is 0 Å². The predicted molar refractivity (Wildman–Crippen MR) is 79.5 cm³/mol. The van der Waals surface area contributed by atoms with E-state index in [0.29, 0.717) is 11.9 Å². The molecule has 0 amide bonds. The number of guanidine groups is 1. The molecule has 0 aromatic carbocycles. The first-order valence-corrected chi connectivity index (χ1v) is 5.86. The van der Waals surface area contributed by atoms with Gasteiger partial charge in [-0.25, -0.2) is 0 Å². The monoisotopic (exact) mass is 381 g/mol. The molecule has 0 spiro atoms. The summed E-state index contributed by atoms with van der Waals surface area (Å²) in [7, 11) is 1.55. The Morgan fingerprint density at radius 2 is 1.72 bits per heavy atom. The molecular weight excluding hydrogens is 358 g/mol. The van der Waals surface area contributed by atoms with Gasteiger partial charge in [-0.15, -0.1) is 24.0 Å². The average molecular weight is 381 g/mol. The van der Waals surface area contributed by atoms with E-state index in [1.165, 1.54) is 0 Å². The fourth-order valence-corrected chi connectivity index (χ4v) is 1.26. The third-order valence-electron chi connectivity index (χ3n) is 2.18. The highest BCUT2D eigenvalue weighted by Crippen LogP contribution is 2.17. The first kappa shape index (κ1) is 20.1. The molecular formula is C11H23F3IN3. The normalized spacial score (nSPS) is 12.3. The minimum absolute atomic E-state index is 0. The smallest absolute Gasteiger partial charge is 0.356 e. The standard InChI is InChI=1S/C11H22F3N3.HI/c1-9(2)5-4-7-16-10(15-3)17-8-6-11(12,13)14;/h9H,4-8H2,1-3H3,(H2,15,16,17);1H. The van der Waals surface area contributed by atoms with Gasteiger partial charge in [0.05, 0.1) is 6.42 Å². The van der Waals surface area contributed by atoms with Crippen molar-refractivity contribution in [2.45, 2.75) is 39.3 Å². The second kappa shape index (κ2) is 10.7. The Kier molecular flexibility index (Phi) is 11.9. The van der Waals surface area contributed by atoms with Gasteiger partial charge in [-0.05, 0) is 18.8 Å². The summed E-state index contributed by atoms with van der Waals surface area (Å²) >= 11 is 0. The maximum Gasteiger partial charge on any atom is 0.390 e. The summed E-state index contributed by atoms with van der Waals surface area (Å²) in [5, 5.41) is 5.62. The van der Waals surface area contributed by atoms with Gasteiger partial charge in [-0.3, -0.25) is 4.99 Å². The summed E-state index contributed by atoms with van der Waals surface area (Å²) in [4.78, 5) is 3.85. The van der Waals surface area contributed by atoms with Crippen molar-refractivity contribution >= 4 is 29.9 Å². The molecule has 0 rings (SSSR count). The van der Waals surface area contributed by atoms with Gasteiger partial charge in [0.2, 0.25) is 0 Å². The Morgan fingerprint density at radius 1 is 1.17 bits per heavy atom. The molecule has 0 bridgehead atoms. The molecule has 0 radical (unpaired) electrons. The zero-order valence-corrected chi connectivity index (χ0v) is 13.4. The lowest BCUT2D eigenvalue weighted by Gasteiger charge is -2.13. The van der Waals surface area contributed by atoms with Crippen molar-refractivity contribution in [3.05, 3.63) is 0 Å². The van der Waals surface area contributed by atoms with Crippen LogP contribution < -0.4 is 10.6 Å². The number of hydrogen-bond donors (Lipinski definition) is 2. The lowest BCUT2D eigenvalue weighted by molar-refractivity contribution is -0.132. The molecule has 0 fully saturated rings. The molecule has 0 aliphatic heterocycles. The molecule has 0 saturated heterocycles. The number of nitrogens with zero attached hydrogens (tertiary/aromatic N) is 1. The number of aliphatic imine (C=N–C) groups is 1. The van der Waals surface area contributed by atoms with Crippen LogP contribution in [-0.4, -0.2) is 32.3 Å². The fraction of sp³-hybridized carbons (Fsp3) is 0.909. The van der Waals surface area contributed by atoms with Crippen molar-refractivity contribution < 1.29 is 13.2 Å². The zero-order chi connectivity index (χ0) is 13.3. The SMILES string of the molecule is CN=C(NCCCC(C)C)NCCC(F)(F)F.I. The quantitative estimate of drug-likeness (QED) is 0.321. The summed E-state index contributed by atoms with van der Waals surface area (Å²) in [6, 6.07) is 0.